The van der Waals surface area contributed by atoms with Gasteiger partial charge < -0.3 is 15.2 Å². The number of rotatable bonds is 8. The minimum atomic E-state index is -0.219. The Bertz CT molecular complexity index is 710. The maximum absolute atomic E-state index is 12.5. The van der Waals surface area contributed by atoms with Crippen LogP contribution in [0.3, 0.4) is 0 Å². The Hall–Kier alpha value is -2.33. The van der Waals surface area contributed by atoms with Gasteiger partial charge in [0.25, 0.3) is 0 Å². The van der Waals surface area contributed by atoms with Crippen LogP contribution >= 0.6 is 0 Å². The quantitative estimate of drug-likeness (QED) is 0.767. The van der Waals surface area contributed by atoms with Gasteiger partial charge in [-0.1, -0.05) is 48.5 Å². The lowest BCUT2D eigenvalue weighted by Crippen LogP contribution is -2.48. The van der Waals surface area contributed by atoms with E-state index in [9.17, 15) is 9.90 Å². The number of methoxy groups -OCH3 is 1. The molecule has 138 valence electrons. The molecule has 1 aliphatic carbocycles. The molecule has 1 fully saturated rings. The summed E-state index contributed by atoms with van der Waals surface area (Å²) >= 11 is 0. The zero-order valence-electron chi connectivity index (χ0n) is 15.2. The summed E-state index contributed by atoms with van der Waals surface area (Å²) in [7, 11) is 1.65. The van der Waals surface area contributed by atoms with Crippen molar-refractivity contribution in [3.63, 3.8) is 0 Å². The number of amides is 1. The predicted octanol–water partition coefficient (Wildman–Crippen LogP) is 3.13. The average Bonchev–Trinajstić information content (AvgIpc) is 2.64. The molecule has 2 aromatic carbocycles. The average molecular weight is 353 g/mol. The van der Waals surface area contributed by atoms with Crippen molar-refractivity contribution in [2.45, 2.75) is 44.2 Å². The third kappa shape index (κ3) is 4.85. The van der Waals surface area contributed by atoms with Crippen LogP contribution in [0.5, 0.6) is 5.75 Å². The van der Waals surface area contributed by atoms with Gasteiger partial charge >= 0.3 is 0 Å². The van der Waals surface area contributed by atoms with E-state index in [1.807, 2.05) is 42.5 Å². The van der Waals surface area contributed by atoms with Crippen molar-refractivity contribution in [1.29, 1.82) is 0 Å². The molecule has 0 bridgehead atoms. The van der Waals surface area contributed by atoms with Crippen molar-refractivity contribution in [3.05, 3.63) is 65.7 Å². The Kier molecular flexibility index (Phi) is 6.29. The molecule has 0 spiro atoms. The Morgan fingerprint density at radius 1 is 1.15 bits per heavy atom. The van der Waals surface area contributed by atoms with Gasteiger partial charge in [-0.05, 0) is 48.8 Å². The highest BCUT2D eigenvalue weighted by Crippen LogP contribution is 2.32. The summed E-state index contributed by atoms with van der Waals surface area (Å²) in [5, 5.41) is 12.9. The maximum Gasteiger partial charge on any atom is 0.220 e. The molecular weight excluding hydrogens is 326 g/mol. The molecule has 3 rings (SSSR count). The lowest BCUT2D eigenvalue weighted by atomic mass is 9.75. The smallest absolute Gasteiger partial charge is 0.220 e. The number of carbonyl (C=O) groups excluding carboxylic acids is 1. The number of para-hydroxylation sites is 1. The van der Waals surface area contributed by atoms with E-state index in [4.69, 9.17) is 4.74 Å². The predicted molar refractivity (Wildman–Crippen MR) is 102 cm³/mol. The van der Waals surface area contributed by atoms with Gasteiger partial charge in [-0.3, -0.25) is 4.79 Å². The van der Waals surface area contributed by atoms with Crippen LogP contribution in [0.25, 0.3) is 0 Å². The summed E-state index contributed by atoms with van der Waals surface area (Å²) in [6, 6.07) is 18.1. The lowest BCUT2D eigenvalue weighted by Gasteiger charge is -2.38. The Morgan fingerprint density at radius 3 is 2.54 bits per heavy atom. The van der Waals surface area contributed by atoms with Crippen LogP contribution in [0.2, 0.25) is 0 Å². The van der Waals surface area contributed by atoms with Crippen LogP contribution in [0.15, 0.2) is 54.6 Å². The molecule has 0 aliphatic heterocycles. The molecule has 1 aliphatic rings. The SMILES string of the molecule is COc1ccccc1CCC(=O)N[C@H](Cc1ccccc1)C1CC(O)C1. The van der Waals surface area contributed by atoms with E-state index >= 15 is 0 Å². The van der Waals surface area contributed by atoms with E-state index in [2.05, 4.69) is 17.4 Å². The van der Waals surface area contributed by atoms with Crippen molar-refractivity contribution in [2.75, 3.05) is 7.11 Å². The van der Waals surface area contributed by atoms with Gasteiger partial charge in [0.05, 0.1) is 13.2 Å². The largest absolute Gasteiger partial charge is 0.496 e. The molecule has 4 nitrogen and oxygen atoms in total. The third-order valence-corrected chi connectivity index (χ3v) is 5.18. The minimum Gasteiger partial charge on any atom is -0.496 e. The summed E-state index contributed by atoms with van der Waals surface area (Å²) in [5.41, 5.74) is 2.26. The van der Waals surface area contributed by atoms with Gasteiger partial charge in [0.2, 0.25) is 5.91 Å². The van der Waals surface area contributed by atoms with Crippen molar-refractivity contribution in [3.8, 4) is 5.75 Å². The summed E-state index contributed by atoms with van der Waals surface area (Å²) in [5.74, 6) is 1.22. The minimum absolute atomic E-state index is 0.0539. The van der Waals surface area contributed by atoms with E-state index in [-0.39, 0.29) is 18.1 Å². The second-order valence-electron chi connectivity index (χ2n) is 7.06. The van der Waals surface area contributed by atoms with Crippen LogP contribution < -0.4 is 10.1 Å². The van der Waals surface area contributed by atoms with Gasteiger partial charge in [-0.2, -0.15) is 0 Å². The number of nitrogens with one attached hydrogen (secondary N) is 1. The van der Waals surface area contributed by atoms with Crippen LogP contribution in [0, 0.1) is 5.92 Å². The van der Waals surface area contributed by atoms with E-state index in [1.54, 1.807) is 7.11 Å². The fourth-order valence-corrected chi connectivity index (χ4v) is 3.60. The number of aliphatic hydroxyl groups excluding tert-OH is 1. The lowest BCUT2D eigenvalue weighted by molar-refractivity contribution is -0.122. The number of carbonyl (C=O) groups is 1. The number of ether oxygens (including phenoxy) is 1. The number of benzene rings is 2. The molecule has 26 heavy (non-hydrogen) atoms. The molecule has 0 radical (unpaired) electrons. The van der Waals surface area contributed by atoms with E-state index in [1.165, 1.54) is 5.56 Å². The van der Waals surface area contributed by atoms with E-state index < -0.39 is 0 Å². The zero-order chi connectivity index (χ0) is 18.4. The van der Waals surface area contributed by atoms with Crippen LogP contribution in [0.1, 0.15) is 30.4 Å². The normalized spacial score (nSPS) is 20.1. The van der Waals surface area contributed by atoms with Crippen molar-refractivity contribution < 1.29 is 14.6 Å². The Labute approximate surface area is 155 Å². The highest BCUT2D eigenvalue weighted by molar-refractivity contribution is 5.76. The first-order chi connectivity index (χ1) is 12.7. The fourth-order valence-electron chi connectivity index (χ4n) is 3.60. The monoisotopic (exact) mass is 353 g/mol. The summed E-state index contributed by atoms with van der Waals surface area (Å²) < 4.78 is 5.35. The fraction of sp³-hybridized carbons (Fsp3) is 0.409. The molecule has 1 atom stereocenters. The number of hydrogen-bond donors (Lipinski definition) is 2. The Balaban J connectivity index is 1.58. The highest BCUT2D eigenvalue weighted by atomic mass is 16.5. The number of aliphatic hydroxyl groups is 1. The van der Waals surface area contributed by atoms with Gasteiger partial charge in [-0.15, -0.1) is 0 Å². The van der Waals surface area contributed by atoms with E-state index in [0.717, 1.165) is 30.6 Å². The molecule has 1 amide bonds. The molecular formula is C22H27NO3. The van der Waals surface area contributed by atoms with Crippen LogP contribution in [-0.4, -0.2) is 30.3 Å². The molecule has 0 aromatic heterocycles. The molecule has 2 aromatic rings. The van der Waals surface area contributed by atoms with Gasteiger partial charge in [-0.25, -0.2) is 0 Å². The maximum atomic E-state index is 12.5. The standard InChI is InChI=1S/C22H27NO3/c1-26-21-10-6-5-9-17(21)11-12-22(25)23-20(18-14-19(24)15-18)13-16-7-3-2-4-8-16/h2-10,18-20,24H,11-15H2,1H3,(H,23,25)/t18?,19?,20-/m1/s1. The summed E-state index contributed by atoms with van der Waals surface area (Å²) in [6.07, 6.45) is 3.21. The van der Waals surface area contributed by atoms with Crippen LogP contribution in [0.4, 0.5) is 0 Å². The topological polar surface area (TPSA) is 58.6 Å². The molecule has 4 heteroatoms. The second-order valence-corrected chi connectivity index (χ2v) is 7.06. The molecule has 2 N–H and O–H groups in total. The van der Waals surface area contributed by atoms with Crippen molar-refractivity contribution in [2.24, 2.45) is 5.92 Å². The first kappa shape index (κ1) is 18.5. The second kappa shape index (κ2) is 8.86. The number of aryl methyl sites for hydroxylation is 1. The third-order valence-electron chi connectivity index (χ3n) is 5.18. The van der Waals surface area contributed by atoms with Crippen molar-refractivity contribution >= 4 is 5.91 Å². The Morgan fingerprint density at radius 2 is 1.85 bits per heavy atom. The molecule has 0 saturated heterocycles. The number of hydrogen-bond acceptors (Lipinski definition) is 3. The van der Waals surface area contributed by atoms with Crippen molar-refractivity contribution in [1.82, 2.24) is 5.32 Å². The van der Waals surface area contributed by atoms with Gasteiger partial charge in [0.15, 0.2) is 0 Å². The first-order valence-corrected chi connectivity index (χ1v) is 9.29. The summed E-state index contributed by atoms with van der Waals surface area (Å²) in [4.78, 5) is 12.5. The first-order valence-electron chi connectivity index (χ1n) is 9.29. The van der Waals surface area contributed by atoms with E-state index in [0.29, 0.717) is 18.8 Å². The molecule has 1 saturated carbocycles. The zero-order valence-corrected chi connectivity index (χ0v) is 15.2. The van der Waals surface area contributed by atoms with Gasteiger partial charge in [0.1, 0.15) is 5.75 Å². The molecule has 0 unspecified atom stereocenters. The molecule has 0 heterocycles. The summed E-state index contributed by atoms with van der Waals surface area (Å²) in [6.45, 7) is 0. The highest BCUT2D eigenvalue weighted by Gasteiger charge is 2.34. The van der Waals surface area contributed by atoms with Gasteiger partial charge in [0, 0.05) is 12.5 Å². The van der Waals surface area contributed by atoms with Crippen LogP contribution in [-0.2, 0) is 17.6 Å².